The largest absolute Gasteiger partial charge is 0.369 e. The molecule has 0 saturated carbocycles. The van der Waals surface area contributed by atoms with E-state index in [4.69, 9.17) is 0 Å². The van der Waals surface area contributed by atoms with Crippen LogP contribution in [0.1, 0.15) is 11.1 Å². The first-order chi connectivity index (χ1) is 14.1. The molecule has 1 aromatic heterocycles. The van der Waals surface area contributed by atoms with Crippen molar-refractivity contribution in [3.05, 3.63) is 59.8 Å². The lowest BCUT2D eigenvalue weighted by molar-refractivity contribution is 0.313. The van der Waals surface area contributed by atoms with Gasteiger partial charge in [-0.25, -0.2) is 0 Å². The lowest BCUT2D eigenvalue weighted by Crippen LogP contribution is -2.44. The Bertz CT molecular complexity index is 963. The monoisotopic (exact) mass is 389 g/mol. The Hall–Kier alpha value is -3.19. The maximum Gasteiger partial charge on any atom is 0.249 e. The fourth-order valence-electron chi connectivity index (χ4n) is 3.37. The summed E-state index contributed by atoms with van der Waals surface area (Å²) in [6.45, 7) is 8.45. The van der Waals surface area contributed by atoms with Crippen molar-refractivity contribution in [2.45, 2.75) is 13.8 Å². The zero-order chi connectivity index (χ0) is 20.2. The van der Waals surface area contributed by atoms with E-state index < -0.39 is 0 Å². The third-order valence-corrected chi connectivity index (χ3v) is 5.21. The highest BCUT2D eigenvalue weighted by Crippen LogP contribution is 2.23. The molecule has 0 bridgehead atoms. The fraction of sp³-hybridized carbons (Fsp3) is 0.318. The van der Waals surface area contributed by atoms with E-state index >= 15 is 0 Å². The molecule has 7 heteroatoms. The van der Waals surface area contributed by atoms with Crippen LogP contribution in [0.15, 0.2) is 48.7 Å². The van der Waals surface area contributed by atoms with Crippen LogP contribution in [0.4, 0.5) is 28.8 Å². The molecule has 1 saturated heterocycles. The Balaban J connectivity index is 1.43. The molecule has 2 aromatic carbocycles. The van der Waals surface area contributed by atoms with Gasteiger partial charge in [0.2, 0.25) is 5.95 Å². The quantitative estimate of drug-likeness (QED) is 0.689. The molecular weight excluding hydrogens is 362 g/mol. The first-order valence-electron chi connectivity index (χ1n) is 9.91. The molecule has 0 unspecified atom stereocenters. The lowest BCUT2D eigenvalue weighted by Gasteiger charge is -2.34. The molecule has 2 N–H and O–H groups in total. The summed E-state index contributed by atoms with van der Waals surface area (Å²) in [7, 11) is 2.17. The summed E-state index contributed by atoms with van der Waals surface area (Å²) in [4.78, 5) is 9.31. The Kier molecular flexibility index (Phi) is 5.57. The minimum absolute atomic E-state index is 0.465. The second-order valence-electron chi connectivity index (χ2n) is 7.57. The Labute approximate surface area is 171 Å². The normalized spacial score (nSPS) is 14.7. The first-order valence-corrected chi connectivity index (χ1v) is 9.91. The zero-order valence-electron chi connectivity index (χ0n) is 17.2. The van der Waals surface area contributed by atoms with Crippen LogP contribution in [-0.2, 0) is 0 Å². The van der Waals surface area contributed by atoms with Crippen LogP contribution in [0.3, 0.4) is 0 Å². The highest BCUT2D eigenvalue weighted by Gasteiger charge is 2.14. The van der Waals surface area contributed by atoms with Gasteiger partial charge in [-0.15, -0.1) is 5.10 Å². The van der Waals surface area contributed by atoms with Gasteiger partial charge in [0, 0.05) is 43.2 Å². The topological polar surface area (TPSA) is 69.2 Å². The van der Waals surface area contributed by atoms with Crippen molar-refractivity contribution in [3.63, 3.8) is 0 Å². The predicted molar refractivity (Wildman–Crippen MR) is 118 cm³/mol. The van der Waals surface area contributed by atoms with E-state index in [1.165, 1.54) is 11.3 Å². The van der Waals surface area contributed by atoms with Crippen LogP contribution in [0.5, 0.6) is 0 Å². The molecule has 0 radical (unpaired) electrons. The summed E-state index contributed by atoms with van der Waals surface area (Å²) >= 11 is 0. The molecule has 1 aliphatic rings. The summed E-state index contributed by atoms with van der Waals surface area (Å²) in [6.07, 6.45) is 1.63. The second-order valence-corrected chi connectivity index (χ2v) is 7.57. The summed E-state index contributed by atoms with van der Waals surface area (Å²) in [5.41, 5.74) is 5.55. The number of anilines is 5. The van der Waals surface area contributed by atoms with Crippen LogP contribution in [0.2, 0.25) is 0 Å². The average Bonchev–Trinajstić information content (AvgIpc) is 2.72. The lowest BCUT2D eigenvalue weighted by atomic mass is 10.1. The van der Waals surface area contributed by atoms with E-state index in [0.29, 0.717) is 11.8 Å². The predicted octanol–water partition coefficient (Wildman–Crippen LogP) is 3.73. The van der Waals surface area contributed by atoms with Gasteiger partial charge in [-0.1, -0.05) is 12.1 Å². The van der Waals surface area contributed by atoms with Crippen LogP contribution < -0.4 is 15.5 Å². The number of piperazine rings is 1. The Morgan fingerprint density at radius 3 is 2.41 bits per heavy atom. The number of likely N-dealkylation sites (N-methyl/N-ethyl adjacent to an activating group) is 1. The molecule has 0 aliphatic carbocycles. The van der Waals surface area contributed by atoms with Gasteiger partial charge in [0.25, 0.3) is 0 Å². The number of nitrogens with zero attached hydrogens (tertiary/aromatic N) is 5. The van der Waals surface area contributed by atoms with Crippen LogP contribution in [-0.4, -0.2) is 53.3 Å². The van der Waals surface area contributed by atoms with E-state index in [-0.39, 0.29) is 0 Å². The molecule has 4 rings (SSSR count). The molecule has 150 valence electrons. The van der Waals surface area contributed by atoms with E-state index in [9.17, 15) is 0 Å². The van der Waals surface area contributed by atoms with Gasteiger partial charge < -0.3 is 20.4 Å². The summed E-state index contributed by atoms with van der Waals surface area (Å²) in [5.74, 6) is 1.12. The number of nitrogens with one attached hydrogen (secondary N) is 2. The van der Waals surface area contributed by atoms with Crippen molar-refractivity contribution >= 4 is 28.8 Å². The van der Waals surface area contributed by atoms with E-state index in [1.54, 1.807) is 6.20 Å². The van der Waals surface area contributed by atoms with Crippen molar-refractivity contribution in [1.82, 2.24) is 20.1 Å². The number of aromatic nitrogens is 3. The average molecular weight is 390 g/mol. The van der Waals surface area contributed by atoms with Crippen molar-refractivity contribution in [2.24, 2.45) is 0 Å². The molecular formula is C22H27N7. The number of hydrogen-bond acceptors (Lipinski definition) is 7. The summed E-state index contributed by atoms with van der Waals surface area (Å²) in [6, 6.07) is 14.7. The molecule has 3 aromatic rings. The molecule has 1 aliphatic heterocycles. The minimum Gasteiger partial charge on any atom is -0.369 e. The molecule has 2 heterocycles. The van der Waals surface area contributed by atoms with Gasteiger partial charge in [0.05, 0.1) is 6.20 Å². The number of benzene rings is 2. The zero-order valence-corrected chi connectivity index (χ0v) is 17.2. The summed E-state index contributed by atoms with van der Waals surface area (Å²) in [5, 5.41) is 14.8. The van der Waals surface area contributed by atoms with Crippen molar-refractivity contribution in [3.8, 4) is 0 Å². The standard InChI is InChI=1S/C22H27N7/c1-16-4-5-17(2)20(14-16)25-21-15-23-27-22(26-21)24-18-6-8-19(9-7-18)29-12-10-28(3)11-13-29/h4-9,14-15H,10-13H2,1-3H3,(H2,24,25,26,27). The van der Waals surface area contributed by atoms with Gasteiger partial charge in [0.1, 0.15) is 0 Å². The third-order valence-electron chi connectivity index (χ3n) is 5.21. The first kappa shape index (κ1) is 19.1. The van der Waals surface area contributed by atoms with E-state index in [2.05, 4.69) is 99.0 Å². The molecule has 1 fully saturated rings. The maximum atomic E-state index is 4.54. The van der Waals surface area contributed by atoms with Crippen molar-refractivity contribution in [1.29, 1.82) is 0 Å². The van der Waals surface area contributed by atoms with Crippen LogP contribution in [0, 0.1) is 13.8 Å². The molecule has 29 heavy (non-hydrogen) atoms. The van der Waals surface area contributed by atoms with Gasteiger partial charge in [-0.3, -0.25) is 0 Å². The molecule has 0 spiro atoms. The molecule has 7 nitrogen and oxygen atoms in total. The Morgan fingerprint density at radius 2 is 1.66 bits per heavy atom. The second kappa shape index (κ2) is 8.45. The van der Waals surface area contributed by atoms with E-state index in [0.717, 1.165) is 43.1 Å². The summed E-state index contributed by atoms with van der Waals surface area (Å²) < 4.78 is 0. The number of aryl methyl sites for hydroxylation is 2. The van der Waals surface area contributed by atoms with Gasteiger partial charge in [-0.05, 0) is 62.4 Å². The van der Waals surface area contributed by atoms with Crippen LogP contribution in [0.25, 0.3) is 0 Å². The van der Waals surface area contributed by atoms with Gasteiger partial charge >= 0.3 is 0 Å². The molecule has 0 atom stereocenters. The highest BCUT2D eigenvalue weighted by atomic mass is 15.3. The highest BCUT2D eigenvalue weighted by molar-refractivity contribution is 5.63. The van der Waals surface area contributed by atoms with Crippen molar-refractivity contribution < 1.29 is 0 Å². The maximum absolute atomic E-state index is 4.54. The SMILES string of the molecule is Cc1ccc(C)c(Nc2cnnc(Nc3ccc(N4CCN(C)CC4)cc3)n2)c1. The van der Waals surface area contributed by atoms with E-state index in [1.807, 2.05) is 0 Å². The number of rotatable bonds is 5. The smallest absolute Gasteiger partial charge is 0.249 e. The fourth-order valence-corrected chi connectivity index (χ4v) is 3.37. The minimum atomic E-state index is 0.465. The van der Waals surface area contributed by atoms with Gasteiger partial charge in [-0.2, -0.15) is 10.1 Å². The Morgan fingerprint density at radius 1 is 0.897 bits per heavy atom. The third kappa shape index (κ3) is 4.81. The van der Waals surface area contributed by atoms with Crippen LogP contribution >= 0.6 is 0 Å². The van der Waals surface area contributed by atoms with Gasteiger partial charge in [0.15, 0.2) is 5.82 Å². The van der Waals surface area contributed by atoms with Crippen molar-refractivity contribution in [2.75, 3.05) is 48.8 Å². The number of hydrogen-bond donors (Lipinski definition) is 2. The molecule has 0 amide bonds.